The minimum atomic E-state index is -0.163. The molecule has 1 fully saturated rings. The average Bonchev–Trinajstić information content (AvgIpc) is 2.94. The molecule has 1 aromatic rings. The van der Waals surface area contributed by atoms with E-state index in [0.717, 1.165) is 24.3 Å². The summed E-state index contributed by atoms with van der Waals surface area (Å²) in [7, 11) is 0. The number of thiophene rings is 1. The van der Waals surface area contributed by atoms with Crippen molar-refractivity contribution in [3.63, 3.8) is 0 Å². The van der Waals surface area contributed by atoms with Gasteiger partial charge in [0.1, 0.15) is 6.61 Å². The summed E-state index contributed by atoms with van der Waals surface area (Å²) in [6.45, 7) is 3.96. The van der Waals surface area contributed by atoms with Crippen molar-refractivity contribution in [2.45, 2.75) is 25.9 Å². The van der Waals surface area contributed by atoms with Gasteiger partial charge >= 0.3 is 0 Å². The van der Waals surface area contributed by atoms with Gasteiger partial charge in [-0.25, -0.2) is 0 Å². The van der Waals surface area contributed by atoms with Crippen molar-refractivity contribution in [2.24, 2.45) is 0 Å². The third-order valence-corrected chi connectivity index (χ3v) is 4.05. The van der Waals surface area contributed by atoms with E-state index in [4.69, 9.17) is 9.84 Å². The van der Waals surface area contributed by atoms with E-state index in [2.05, 4.69) is 11.8 Å². The number of amides is 1. The number of nitrogens with zero attached hydrogens (tertiary/aromatic N) is 1. The number of hydrogen-bond acceptors (Lipinski definition) is 4. The highest BCUT2D eigenvalue weighted by molar-refractivity contribution is 7.10. The topological polar surface area (TPSA) is 49.8 Å². The minimum Gasteiger partial charge on any atom is -0.384 e. The van der Waals surface area contributed by atoms with E-state index < -0.39 is 0 Å². The molecule has 1 atom stereocenters. The number of hydrogen-bond donors (Lipinski definition) is 1. The summed E-state index contributed by atoms with van der Waals surface area (Å²) in [5.74, 6) is 5.46. The summed E-state index contributed by atoms with van der Waals surface area (Å²) >= 11 is 1.43. The molecule has 1 N–H and O–H groups in total. The molecule has 0 saturated carbocycles. The van der Waals surface area contributed by atoms with Gasteiger partial charge in [0.2, 0.25) is 0 Å². The number of rotatable bonds is 3. The smallest absolute Gasteiger partial charge is 0.254 e. The van der Waals surface area contributed by atoms with E-state index >= 15 is 0 Å². The van der Waals surface area contributed by atoms with Crippen molar-refractivity contribution in [3.05, 3.63) is 21.9 Å². The molecule has 1 aliphatic rings. The molecule has 108 valence electrons. The molecule has 1 saturated heterocycles. The molecule has 5 heteroatoms. The first-order chi connectivity index (χ1) is 9.74. The summed E-state index contributed by atoms with van der Waals surface area (Å²) in [5, 5.41) is 10.5. The number of carbonyl (C=O) groups excluding carboxylic acids is 1. The Bertz CT molecular complexity index is 513. The summed E-state index contributed by atoms with van der Waals surface area (Å²) in [5.41, 5.74) is 0.675. The molecule has 0 radical (unpaired) electrons. The molecule has 4 nitrogen and oxygen atoms in total. The average molecular weight is 293 g/mol. The van der Waals surface area contributed by atoms with Crippen LogP contribution in [0.3, 0.4) is 0 Å². The van der Waals surface area contributed by atoms with Crippen LogP contribution in [0.1, 0.15) is 35.0 Å². The van der Waals surface area contributed by atoms with Gasteiger partial charge < -0.3 is 14.7 Å². The van der Waals surface area contributed by atoms with E-state index in [-0.39, 0.29) is 18.6 Å². The van der Waals surface area contributed by atoms with E-state index in [1.165, 1.54) is 11.3 Å². The Morgan fingerprint density at radius 3 is 3.25 bits per heavy atom. The van der Waals surface area contributed by atoms with Crippen LogP contribution in [0.25, 0.3) is 0 Å². The molecule has 0 bridgehead atoms. The van der Waals surface area contributed by atoms with Gasteiger partial charge in [0.15, 0.2) is 0 Å². The van der Waals surface area contributed by atoms with Gasteiger partial charge in [-0.15, -0.1) is 11.3 Å². The van der Waals surface area contributed by atoms with Gasteiger partial charge in [0.05, 0.1) is 16.5 Å². The zero-order chi connectivity index (χ0) is 14.4. The second kappa shape index (κ2) is 7.44. The number of aliphatic hydroxyl groups is 1. The standard InChI is InChI=1S/C15H19NO3S/c1-2-19-13-5-3-7-16(10-13)15(18)12-9-14(20-11-12)6-4-8-17/h9,11,13,17H,2-3,5,7-8,10H2,1H3. The molecule has 0 aliphatic carbocycles. The monoisotopic (exact) mass is 293 g/mol. The maximum absolute atomic E-state index is 12.4. The molecule has 1 unspecified atom stereocenters. The summed E-state index contributed by atoms with van der Waals surface area (Å²) < 4.78 is 5.62. The molecule has 0 spiro atoms. The van der Waals surface area contributed by atoms with Crippen molar-refractivity contribution in [1.82, 2.24) is 4.90 Å². The zero-order valence-corrected chi connectivity index (χ0v) is 12.4. The normalized spacial score (nSPS) is 18.5. The maximum Gasteiger partial charge on any atom is 0.254 e. The predicted molar refractivity (Wildman–Crippen MR) is 78.8 cm³/mol. The number of likely N-dealkylation sites (tertiary alicyclic amines) is 1. The van der Waals surface area contributed by atoms with Crippen LogP contribution in [-0.2, 0) is 4.74 Å². The predicted octanol–water partition coefficient (Wildman–Crippen LogP) is 1.73. The van der Waals surface area contributed by atoms with E-state index in [0.29, 0.717) is 18.7 Å². The van der Waals surface area contributed by atoms with Crippen molar-refractivity contribution in [2.75, 3.05) is 26.3 Å². The van der Waals surface area contributed by atoms with Gasteiger partial charge in [-0.3, -0.25) is 4.79 Å². The molecular weight excluding hydrogens is 274 g/mol. The van der Waals surface area contributed by atoms with E-state index in [1.807, 2.05) is 17.2 Å². The molecule has 1 aliphatic heterocycles. The SMILES string of the molecule is CCOC1CCCN(C(=O)c2csc(C#CCO)c2)C1. The second-order valence-corrected chi connectivity index (χ2v) is 5.54. The summed E-state index contributed by atoms with van der Waals surface area (Å²) in [6, 6.07) is 1.79. The van der Waals surface area contributed by atoms with Crippen LogP contribution in [0.15, 0.2) is 11.4 Å². The molecule has 1 amide bonds. The van der Waals surface area contributed by atoms with E-state index in [9.17, 15) is 4.79 Å². The van der Waals surface area contributed by atoms with Crippen LogP contribution < -0.4 is 0 Å². The fourth-order valence-electron chi connectivity index (χ4n) is 2.32. The lowest BCUT2D eigenvalue weighted by Gasteiger charge is -2.32. The third-order valence-electron chi connectivity index (χ3n) is 3.20. The van der Waals surface area contributed by atoms with Gasteiger partial charge in [-0.1, -0.05) is 11.8 Å². The van der Waals surface area contributed by atoms with Crippen molar-refractivity contribution in [3.8, 4) is 11.8 Å². The molecular formula is C15H19NO3S. The fraction of sp³-hybridized carbons (Fsp3) is 0.533. The number of carbonyl (C=O) groups is 1. The molecule has 1 aromatic heterocycles. The van der Waals surface area contributed by atoms with Crippen molar-refractivity contribution >= 4 is 17.2 Å². The Balaban J connectivity index is 2.01. The largest absolute Gasteiger partial charge is 0.384 e. The molecule has 0 aromatic carbocycles. The van der Waals surface area contributed by atoms with Crippen LogP contribution in [0, 0.1) is 11.8 Å². The van der Waals surface area contributed by atoms with Crippen LogP contribution in [0.4, 0.5) is 0 Å². The third kappa shape index (κ3) is 3.83. The molecule has 2 heterocycles. The highest BCUT2D eigenvalue weighted by Gasteiger charge is 2.25. The van der Waals surface area contributed by atoms with Crippen LogP contribution in [0.2, 0.25) is 0 Å². The molecule has 20 heavy (non-hydrogen) atoms. The lowest BCUT2D eigenvalue weighted by atomic mass is 10.1. The Kier molecular flexibility index (Phi) is 5.60. The Morgan fingerprint density at radius 2 is 2.50 bits per heavy atom. The quantitative estimate of drug-likeness (QED) is 0.864. The number of aliphatic hydroxyl groups excluding tert-OH is 1. The van der Waals surface area contributed by atoms with Gasteiger partial charge in [0, 0.05) is 25.1 Å². The Labute approximate surface area is 123 Å². The van der Waals surface area contributed by atoms with Crippen molar-refractivity contribution in [1.29, 1.82) is 0 Å². The Morgan fingerprint density at radius 1 is 1.65 bits per heavy atom. The van der Waals surface area contributed by atoms with Crippen molar-refractivity contribution < 1.29 is 14.6 Å². The maximum atomic E-state index is 12.4. The summed E-state index contributed by atoms with van der Waals surface area (Å²) in [6.07, 6.45) is 2.16. The zero-order valence-electron chi connectivity index (χ0n) is 11.6. The van der Waals surface area contributed by atoms with Gasteiger partial charge in [-0.05, 0) is 25.8 Å². The lowest BCUT2D eigenvalue weighted by molar-refractivity contribution is 0.00726. The van der Waals surface area contributed by atoms with Gasteiger partial charge in [0.25, 0.3) is 5.91 Å². The first-order valence-corrected chi connectivity index (χ1v) is 7.71. The minimum absolute atomic E-state index is 0.0442. The first kappa shape index (κ1) is 15.0. The Hall–Kier alpha value is -1.35. The molecule has 2 rings (SSSR count). The highest BCUT2D eigenvalue weighted by atomic mass is 32.1. The van der Waals surface area contributed by atoms with Crippen LogP contribution in [0.5, 0.6) is 0 Å². The number of piperidine rings is 1. The van der Waals surface area contributed by atoms with Gasteiger partial charge in [-0.2, -0.15) is 0 Å². The number of ether oxygens (including phenoxy) is 1. The summed E-state index contributed by atoms with van der Waals surface area (Å²) in [4.78, 5) is 15.1. The highest BCUT2D eigenvalue weighted by Crippen LogP contribution is 2.19. The van der Waals surface area contributed by atoms with Crippen LogP contribution in [-0.4, -0.2) is 48.3 Å². The first-order valence-electron chi connectivity index (χ1n) is 6.83. The fourth-order valence-corrected chi connectivity index (χ4v) is 3.07. The second-order valence-electron chi connectivity index (χ2n) is 4.63. The van der Waals surface area contributed by atoms with Crippen LogP contribution >= 0.6 is 11.3 Å². The lowest BCUT2D eigenvalue weighted by Crippen LogP contribution is -2.43. The van der Waals surface area contributed by atoms with E-state index in [1.54, 1.807) is 6.07 Å².